The number of rotatable bonds is 2. The summed E-state index contributed by atoms with van der Waals surface area (Å²) in [4.78, 5) is 0. The van der Waals surface area contributed by atoms with Crippen LogP contribution in [-0.2, 0) is 5.33 Å². The van der Waals surface area contributed by atoms with Crippen molar-refractivity contribution in [1.29, 1.82) is 0 Å². The number of hydrogen-bond acceptors (Lipinski definition) is 1. The molecule has 0 fully saturated rings. The number of halogens is 1. The molecule has 0 aliphatic rings. The lowest BCUT2D eigenvalue weighted by Gasteiger charge is -1.94. The maximum absolute atomic E-state index is 5.34. The average molecular weight is 238 g/mol. The van der Waals surface area contributed by atoms with E-state index < -0.39 is 0 Å². The fraction of sp³-hybridized carbons (Fsp3) is 0.273. The van der Waals surface area contributed by atoms with Crippen molar-refractivity contribution in [3.8, 4) is 11.8 Å². The second-order valence-electron chi connectivity index (χ2n) is 2.67. The van der Waals surface area contributed by atoms with E-state index >= 15 is 0 Å². The molecule has 0 atom stereocenters. The third-order valence-corrected chi connectivity index (χ3v) is 2.23. The minimum Gasteiger partial charge on any atom is -0.330 e. The predicted molar refractivity (Wildman–Crippen MR) is 59.6 cm³/mol. The van der Waals surface area contributed by atoms with Crippen LogP contribution in [0.1, 0.15) is 17.5 Å². The Labute approximate surface area is 87.5 Å². The molecule has 0 aromatic heterocycles. The van der Waals surface area contributed by atoms with Crippen LogP contribution in [0.25, 0.3) is 0 Å². The first-order chi connectivity index (χ1) is 6.36. The van der Waals surface area contributed by atoms with Crippen LogP contribution in [0, 0.1) is 11.8 Å². The maximum Gasteiger partial charge on any atom is 0.0283 e. The molecule has 0 saturated heterocycles. The van der Waals surface area contributed by atoms with Gasteiger partial charge in [-0.15, -0.1) is 0 Å². The zero-order valence-electron chi connectivity index (χ0n) is 7.39. The molecular weight excluding hydrogens is 226 g/mol. The van der Waals surface area contributed by atoms with Crippen molar-refractivity contribution in [2.24, 2.45) is 5.73 Å². The van der Waals surface area contributed by atoms with E-state index in [9.17, 15) is 0 Å². The van der Waals surface area contributed by atoms with Crippen molar-refractivity contribution in [3.05, 3.63) is 35.4 Å². The molecule has 1 rings (SSSR count). The van der Waals surface area contributed by atoms with E-state index in [0.29, 0.717) is 6.54 Å². The molecule has 0 aliphatic heterocycles. The van der Waals surface area contributed by atoms with Gasteiger partial charge in [-0.25, -0.2) is 0 Å². The Balaban J connectivity index is 2.73. The van der Waals surface area contributed by atoms with E-state index in [4.69, 9.17) is 5.73 Å². The fourth-order valence-corrected chi connectivity index (χ4v) is 1.32. The SMILES string of the molecule is NCCC#Cc1cccc(CBr)c1. The molecule has 1 nitrogen and oxygen atoms in total. The molecule has 0 unspecified atom stereocenters. The second-order valence-corrected chi connectivity index (χ2v) is 3.24. The highest BCUT2D eigenvalue weighted by Crippen LogP contribution is 2.07. The molecule has 1 aromatic rings. The molecule has 1 aromatic carbocycles. The lowest BCUT2D eigenvalue weighted by molar-refractivity contribution is 1.03. The number of nitrogens with two attached hydrogens (primary N) is 1. The van der Waals surface area contributed by atoms with E-state index in [1.165, 1.54) is 5.56 Å². The molecule has 2 N–H and O–H groups in total. The molecule has 0 aliphatic carbocycles. The topological polar surface area (TPSA) is 26.0 Å². The van der Waals surface area contributed by atoms with Gasteiger partial charge < -0.3 is 5.73 Å². The van der Waals surface area contributed by atoms with Crippen molar-refractivity contribution in [3.63, 3.8) is 0 Å². The van der Waals surface area contributed by atoms with Gasteiger partial charge in [0.2, 0.25) is 0 Å². The summed E-state index contributed by atoms with van der Waals surface area (Å²) in [5, 5.41) is 0.874. The average Bonchev–Trinajstić information content (AvgIpc) is 2.19. The Morgan fingerprint density at radius 2 is 2.23 bits per heavy atom. The van der Waals surface area contributed by atoms with Crippen molar-refractivity contribution in [2.45, 2.75) is 11.8 Å². The Kier molecular flexibility index (Phi) is 4.59. The number of benzene rings is 1. The predicted octanol–water partition coefficient (Wildman–Crippen LogP) is 2.28. The third kappa shape index (κ3) is 3.63. The van der Waals surface area contributed by atoms with E-state index in [-0.39, 0.29) is 0 Å². The summed E-state index contributed by atoms with van der Waals surface area (Å²) in [5.41, 5.74) is 7.65. The smallest absolute Gasteiger partial charge is 0.0283 e. The summed E-state index contributed by atoms with van der Waals surface area (Å²) < 4.78 is 0. The van der Waals surface area contributed by atoms with Crippen LogP contribution in [0.5, 0.6) is 0 Å². The summed E-state index contributed by atoms with van der Waals surface area (Å²) in [6.45, 7) is 0.630. The molecule has 0 heterocycles. The quantitative estimate of drug-likeness (QED) is 0.620. The van der Waals surface area contributed by atoms with Crippen molar-refractivity contribution < 1.29 is 0 Å². The first kappa shape index (κ1) is 10.3. The zero-order valence-corrected chi connectivity index (χ0v) is 8.97. The molecule has 0 bridgehead atoms. The standard InChI is InChI=1S/C11H12BrN/c12-9-11-6-3-5-10(8-11)4-1-2-7-13/h3,5-6,8H,2,7,9,13H2. The van der Waals surface area contributed by atoms with E-state index in [1.54, 1.807) is 0 Å². The minimum absolute atomic E-state index is 0.630. The molecule has 0 amide bonds. The van der Waals surface area contributed by atoms with Crippen LogP contribution < -0.4 is 5.73 Å². The lowest BCUT2D eigenvalue weighted by atomic mass is 10.1. The summed E-state index contributed by atoms with van der Waals surface area (Å²) in [5.74, 6) is 6.08. The summed E-state index contributed by atoms with van der Waals surface area (Å²) in [6, 6.07) is 8.18. The van der Waals surface area contributed by atoms with Gasteiger partial charge in [0.1, 0.15) is 0 Å². The lowest BCUT2D eigenvalue weighted by Crippen LogP contribution is -1.95. The molecular formula is C11H12BrN. The normalized spacial score (nSPS) is 9.08. The van der Waals surface area contributed by atoms with Gasteiger partial charge in [-0.2, -0.15) is 0 Å². The maximum atomic E-state index is 5.34. The molecule has 0 radical (unpaired) electrons. The molecule has 68 valence electrons. The summed E-state index contributed by atoms with van der Waals surface area (Å²) in [6.07, 6.45) is 0.762. The van der Waals surface area contributed by atoms with Gasteiger partial charge in [0.15, 0.2) is 0 Å². The molecule has 2 heteroatoms. The Hall–Kier alpha value is -0.780. The van der Waals surface area contributed by atoms with Gasteiger partial charge in [0.05, 0.1) is 0 Å². The van der Waals surface area contributed by atoms with Gasteiger partial charge >= 0.3 is 0 Å². The van der Waals surface area contributed by atoms with Gasteiger partial charge in [-0.1, -0.05) is 39.9 Å². The molecule has 0 saturated carbocycles. The Morgan fingerprint density at radius 1 is 1.38 bits per heavy atom. The minimum atomic E-state index is 0.630. The fourth-order valence-electron chi connectivity index (χ4n) is 0.969. The van der Waals surface area contributed by atoms with Crippen LogP contribution in [0.15, 0.2) is 24.3 Å². The monoisotopic (exact) mass is 237 g/mol. The van der Waals surface area contributed by atoms with E-state index in [1.807, 2.05) is 12.1 Å². The van der Waals surface area contributed by atoms with Gasteiger partial charge in [-0.3, -0.25) is 0 Å². The molecule has 0 spiro atoms. The molecule has 13 heavy (non-hydrogen) atoms. The van der Waals surface area contributed by atoms with Gasteiger partial charge in [-0.05, 0) is 17.7 Å². The number of alkyl halides is 1. The highest BCUT2D eigenvalue weighted by Gasteiger charge is 1.90. The first-order valence-corrected chi connectivity index (χ1v) is 5.33. The van der Waals surface area contributed by atoms with Gasteiger partial charge in [0.25, 0.3) is 0 Å². The first-order valence-electron chi connectivity index (χ1n) is 4.20. The van der Waals surface area contributed by atoms with Crippen LogP contribution in [0.4, 0.5) is 0 Å². The zero-order chi connectivity index (χ0) is 9.52. The largest absolute Gasteiger partial charge is 0.330 e. The van der Waals surface area contributed by atoms with E-state index in [0.717, 1.165) is 17.3 Å². The van der Waals surface area contributed by atoms with Crippen molar-refractivity contribution in [1.82, 2.24) is 0 Å². The third-order valence-electron chi connectivity index (χ3n) is 1.58. The summed E-state index contributed by atoms with van der Waals surface area (Å²) in [7, 11) is 0. The van der Waals surface area contributed by atoms with Gasteiger partial charge in [0, 0.05) is 23.9 Å². The highest BCUT2D eigenvalue weighted by atomic mass is 79.9. The Bertz CT molecular complexity index is 322. The Morgan fingerprint density at radius 3 is 2.92 bits per heavy atom. The van der Waals surface area contributed by atoms with Crippen LogP contribution in [-0.4, -0.2) is 6.54 Å². The second kappa shape index (κ2) is 5.80. The summed E-state index contributed by atoms with van der Waals surface area (Å²) >= 11 is 3.41. The van der Waals surface area contributed by atoms with Crippen LogP contribution in [0.2, 0.25) is 0 Å². The van der Waals surface area contributed by atoms with Crippen molar-refractivity contribution >= 4 is 15.9 Å². The highest BCUT2D eigenvalue weighted by molar-refractivity contribution is 9.08. The van der Waals surface area contributed by atoms with E-state index in [2.05, 4.69) is 39.9 Å². The number of hydrogen-bond donors (Lipinski definition) is 1. The van der Waals surface area contributed by atoms with Crippen LogP contribution in [0.3, 0.4) is 0 Å². The van der Waals surface area contributed by atoms with Crippen molar-refractivity contribution in [2.75, 3.05) is 6.54 Å². The van der Waals surface area contributed by atoms with Crippen LogP contribution >= 0.6 is 15.9 Å².